The number of aryl methyl sites for hydroxylation is 2. The number of guanidine groups is 1. The summed E-state index contributed by atoms with van der Waals surface area (Å²) in [5.41, 5.74) is 9.25. The molecule has 1 aliphatic carbocycles. The van der Waals surface area contributed by atoms with Crippen LogP contribution in [0.4, 0.5) is 5.69 Å². The van der Waals surface area contributed by atoms with Crippen LogP contribution in [0.2, 0.25) is 0 Å². The number of nitrogens with two attached hydrogens (primary N) is 1. The van der Waals surface area contributed by atoms with Gasteiger partial charge >= 0.3 is 0 Å². The van der Waals surface area contributed by atoms with Crippen LogP contribution in [0.5, 0.6) is 0 Å². The lowest BCUT2D eigenvalue weighted by atomic mass is 9.84. The zero-order chi connectivity index (χ0) is 14.8. The highest BCUT2D eigenvalue weighted by atomic mass is 32.2. The maximum Gasteiger partial charge on any atom is 0.193 e. The Labute approximate surface area is 123 Å². The molecule has 0 bridgehead atoms. The predicted molar refractivity (Wildman–Crippen MR) is 86.7 cm³/mol. The summed E-state index contributed by atoms with van der Waals surface area (Å²) < 4.78 is 11.6. The molecule has 110 valence electrons. The zero-order valence-corrected chi connectivity index (χ0v) is 13.2. The molecule has 1 saturated carbocycles. The van der Waals surface area contributed by atoms with Gasteiger partial charge < -0.3 is 11.1 Å². The highest BCUT2D eigenvalue weighted by Gasteiger charge is 2.40. The van der Waals surface area contributed by atoms with E-state index in [4.69, 9.17) is 5.73 Å². The van der Waals surface area contributed by atoms with Gasteiger partial charge in [-0.15, -0.1) is 0 Å². The summed E-state index contributed by atoms with van der Waals surface area (Å²) in [4.78, 5) is 4.38. The third-order valence-corrected chi connectivity index (χ3v) is 5.66. The van der Waals surface area contributed by atoms with Crippen molar-refractivity contribution >= 4 is 22.4 Å². The van der Waals surface area contributed by atoms with Gasteiger partial charge in [-0.2, -0.15) is 0 Å². The molecule has 1 aromatic rings. The largest absolute Gasteiger partial charge is 0.370 e. The van der Waals surface area contributed by atoms with E-state index in [9.17, 15) is 4.21 Å². The Morgan fingerprint density at radius 3 is 2.40 bits per heavy atom. The number of rotatable bonds is 4. The topological polar surface area (TPSA) is 67.5 Å². The number of benzene rings is 1. The van der Waals surface area contributed by atoms with E-state index in [0.29, 0.717) is 12.5 Å². The minimum absolute atomic E-state index is 0.144. The Kier molecular flexibility index (Phi) is 4.48. The summed E-state index contributed by atoms with van der Waals surface area (Å²) >= 11 is 0. The van der Waals surface area contributed by atoms with Crippen molar-refractivity contribution in [3.63, 3.8) is 0 Å². The van der Waals surface area contributed by atoms with Gasteiger partial charge in [-0.3, -0.25) is 9.20 Å². The number of hydrogen-bond acceptors (Lipinski definition) is 2. The average Bonchev–Trinajstić information content (AvgIpc) is 2.25. The Morgan fingerprint density at radius 1 is 1.35 bits per heavy atom. The van der Waals surface area contributed by atoms with E-state index in [2.05, 4.69) is 30.2 Å². The molecule has 0 aliphatic heterocycles. The molecule has 1 aliphatic rings. The third-order valence-electron chi connectivity index (χ3n) is 3.91. The van der Waals surface area contributed by atoms with Crippen LogP contribution in [-0.2, 0) is 10.8 Å². The van der Waals surface area contributed by atoms with Crippen molar-refractivity contribution in [2.45, 2.75) is 37.9 Å². The van der Waals surface area contributed by atoms with E-state index in [1.807, 2.05) is 12.1 Å². The van der Waals surface area contributed by atoms with E-state index in [0.717, 1.165) is 24.9 Å². The number of nitrogens with one attached hydrogen (secondary N) is 1. The van der Waals surface area contributed by atoms with E-state index in [1.54, 1.807) is 6.26 Å². The molecule has 1 unspecified atom stereocenters. The van der Waals surface area contributed by atoms with Crippen LogP contribution in [0, 0.1) is 13.8 Å². The fourth-order valence-electron chi connectivity index (χ4n) is 2.57. The lowest BCUT2D eigenvalue weighted by Crippen LogP contribution is -2.44. The van der Waals surface area contributed by atoms with Crippen molar-refractivity contribution < 1.29 is 4.21 Å². The van der Waals surface area contributed by atoms with Gasteiger partial charge in [0.15, 0.2) is 5.96 Å². The SMILES string of the molecule is Cc1cc(C)cc(NC(N)=NCC2(S(C)=O)CCC2)c1. The van der Waals surface area contributed by atoms with E-state index >= 15 is 0 Å². The number of hydrogen-bond donors (Lipinski definition) is 2. The van der Waals surface area contributed by atoms with E-state index < -0.39 is 10.8 Å². The molecule has 0 aromatic heterocycles. The van der Waals surface area contributed by atoms with Crippen LogP contribution < -0.4 is 11.1 Å². The summed E-state index contributed by atoms with van der Waals surface area (Å²) in [6.45, 7) is 4.64. The van der Waals surface area contributed by atoms with E-state index in [-0.39, 0.29) is 4.75 Å². The highest BCUT2D eigenvalue weighted by molar-refractivity contribution is 7.85. The summed E-state index contributed by atoms with van der Waals surface area (Å²) in [6.07, 6.45) is 4.87. The van der Waals surface area contributed by atoms with Crippen LogP contribution >= 0.6 is 0 Å². The summed E-state index contributed by atoms with van der Waals surface area (Å²) in [5, 5.41) is 3.11. The Balaban J connectivity index is 2.02. The zero-order valence-electron chi connectivity index (χ0n) is 12.4. The van der Waals surface area contributed by atoms with Gasteiger partial charge in [0.25, 0.3) is 0 Å². The van der Waals surface area contributed by atoms with Gasteiger partial charge in [-0.1, -0.05) is 12.5 Å². The molecule has 3 N–H and O–H groups in total. The third kappa shape index (κ3) is 3.39. The van der Waals surface area contributed by atoms with Gasteiger partial charge in [0.05, 0.1) is 11.3 Å². The summed E-state index contributed by atoms with van der Waals surface area (Å²) in [7, 11) is -0.843. The second-order valence-electron chi connectivity index (χ2n) is 5.69. The summed E-state index contributed by atoms with van der Waals surface area (Å²) in [6, 6.07) is 6.18. The molecule has 0 saturated heterocycles. The molecule has 20 heavy (non-hydrogen) atoms. The molecule has 1 atom stereocenters. The van der Waals surface area contributed by atoms with Crippen molar-refractivity contribution in [1.29, 1.82) is 0 Å². The molecule has 4 nitrogen and oxygen atoms in total. The van der Waals surface area contributed by atoms with Crippen molar-refractivity contribution in [2.75, 3.05) is 18.1 Å². The van der Waals surface area contributed by atoms with Crippen LogP contribution in [0.25, 0.3) is 0 Å². The first-order valence-electron chi connectivity index (χ1n) is 6.90. The fraction of sp³-hybridized carbons (Fsp3) is 0.533. The van der Waals surface area contributed by atoms with Crippen LogP contribution in [0.3, 0.4) is 0 Å². The fourth-order valence-corrected chi connectivity index (χ4v) is 3.68. The molecule has 0 spiro atoms. The lowest BCUT2D eigenvalue weighted by molar-refractivity contribution is 0.361. The molecule has 0 radical (unpaired) electrons. The maximum absolute atomic E-state index is 11.8. The quantitative estimate of drug-likeness (QED) is 0.661. The second-order valence-corrected chi connectivity index (χ2v) is 7.47. The van der Waals surface area contributed by atoms with Gasteiger partial charge in [-0.25, -0.2) is 0 Å². The van der Waals surface area contributed by atoms with Crippen molar-refractivity contribution in [3.8, 4) is 0 Å². The van der Waals surface area contributed by atoms with Gasteiger partial charge in [-0.05, 0) is 49.9 Å². The first-order valence-corrected chi connectivity index (χ1v) is 8.46. The van der Waals surface area contributed by atoms with E-state index in [1.165, 1.54) is 11.1 Å². The second kappa shape index (κ2) is 5.95. The van der Waals surface area contributed by atoms with Gasteiger partial charge in [0.2, 0.25) is 0 Å². The minimum Gasteiger partial charge on any atom is -0.370 e. The highest BCUT2D eigenvalue weighted by Crippen LogP contribution is 2.37. The Hall–Kier alpha value is -1.36. The first kappa shape index (κ1) is 15.0. The molecular weight excluding hydrogens is 270 g/mol. The molecule has 1 fully saturated rings. The standard InChI is InChI=1S/C15H23N3OS/c1-11-7-12(2)9-13(8-11)18-14(16)17-10-15(20(3)19)5-4-6-15/h7-9H,4-6,10H2,1-3H3,(H3,16,17,18). The Bertz CT molecular complexity index is 530. The Morgan fingerprint density at radius 2 is 1.95 bits per heavy atom. The normalized spacial score (nSPS) is 19.2. The van der Waals surface area contributed by atoms with Crippen molar-refractivity contribution in [1.82, 2.24) is 0 Å². The summed E-state index contributed by atoms with van der Waals surface area (Å²) in [5.74, 6) is 0.395. The van der Waals surface area contributed by atoms with Gasteiger partial charge in [0.1, 0.15) is 0 Å². The van der Waals surface area contributed by atoms with Gasteiger partial charge in [0, 0.05) is 22.7 Å². The first-order chi connectivity index (χ1) is 9.41. The van der Waals surface area contributed by atoms with Crippen molar-refractivity contribution in [2.24, 2.45) is 10.7 Å². The number of aliphatic imine (C=N–C) groups is 1. The van der Waals surface area contributed by atoms with Crippen LogP contribution in [0.15, 0.2) is 23.2 Å². The molecule has 0 heterocycles. The molecule has 0 amide bonds. The minimum atomic E-state index is -0.843. The van der Waals surface area contributed by atoms with Crippen molar-refractivity contribution in [3.05, 3.63) is 29.3 Å². The van der Waals surface area contributed by atoms with Crippen LogP contribution in [-0.4, -0.2) is 27.7 Å². The predicted octanol–water partition coefficient (Wildman–Crippen LogP) is 2.33. The number of anilines is 1. The molecule has 5 heteroatoms. The molecule has 2 rings (SSSR count). The monoisotopic (exact) mass is 293 g/mol. The smallest absolute Gasteiger partial charge is 0.193 e. The molecule has 1 aromatic carbocycles. The maximum atomic E-state index is 11.8. The van der Waals surface area contributed by atoms with Crippen LogP contribution in [0.1, 0.15) is 30.4 Å². The number of nitrogens with zero attached hydrogens (tertiary/aromatic N) is 1. The molecular formula is C15H23N3OS. The lowest BCUT2D eigenvalue weighted by Gasteiger charge is -2.38. The average molecular weight is 293 g/mol.